The van der Waals surface area contributed by atoms with Crippen molar-refractivity contribution in [3.8, 4) is 0 Å². The number of carbonyl (C=O) groups excluding carboxylic acids is 2. The van der Waals surface area contributed by atoms with Crippen molar-refractivity contribution in [1.29, 1.82) is 0 Å². The topological polar surface area (TPSA) is 72.9 Å². The number of hydrogen-bond donors (Lipinski definition) is 2. The number of hydrogen-bond acceptors (Lipinski definition) is 5. The van der Waals surface area contributed by atoms with Gasteiger partial charge in [-0.15, -0.1) is 11.3 Å². The average Bonchev–Trinajstić information content (AvgIpc) is 3.17. The molecule has 0 saturated carbocycles. The van der Waals surface area contributed by atoms with Crippen LogP contribution < -0.4 is 5.32 Å². The van der Waals surface area contributed by atoms with Crippen molar-refractivity contribution < 1.29 is 14.7 Å². The number of nitrogens with zero attached hydrogens (tertiary/aromatic N) is 2. The van der Waals surface area contributed by atoms with Crippen molar-refractivity contribution in [2.45, 2.75) is 13.0 Å². The molecule has 6 nitrogen and oxygen atoms in total. The van der Waals surface area contributed by atoms with E-state index in [0.29, 0.717) is 30.9 Å². The quantitative estimate of drug-likeness (QED) is 0.843. The van der Waals surface area contributed by atoms with Crippen LogP contribution in [0.1, 0.15) is 28.3 Å². The molecule has 1 aromatic heterocycles. The van der Waals surface area contributed by atoms with E-state index in [2.05, 4.69) is 10.2 Å². The minimum absolute atomic E-state index is 0.00201. The van der Waals surface area contributed by atoms with E-state index in [4.69, 9.17) is 0 Å². The SMILES string of the molecule is CC(=O)Nc1ccc(C(=O)N2CCN(C[C@@H](O)c3cccs3)CC2)cc1. The Morgan fingerprint density at radius 2 is 1.85 bits per heavy atom. The molecule has 2 aromatic rings. The maximum Gasteiger partial charge on any atom is 0.253 e. The molecule has 0 aliphatic carbocycles. The Kier molecular flexibility index (Phi) is 6.03. The number of thiophene rings is 1. The predicted octanol–water partition coefficient (Wildman–Crippen LogP) is 2.20. The number of carbonyl (C=O) groups is 2. The minimum Gasteiger partial charge on any atom is -0.386 e. The van der Waals surface area contributed by atoms with E-state index in [-0.39, 0.29) is 11.8 Å². The number of benzene rings is 1. The molecule has 26 heavy (non-hydrogen) atoms. The van der Waals surface area contributed by atoms with Crippen LogP contribution in [0.2, 0.25) is 0 Å². The van der Waals surface area contributed by atoms with E-state index >= 15 is 0 Å². The van der Waals surface area contributed by atoms with Crippen LogP contribution in [-0.2, 0) is 4.79 Å². The Morgan fingerprint density at radius 1 is 1.15 bits per heavy atom. The number of anilines is 1. The summed E-state index contributed by atoms with van der Waals surface area (Å²) in [5.41, 5.74) is 1.30. The van der Waals surface area contributed by atoms with E-state index in [1.807, 2.05) is 22.4 Å². The highest BCUT2D eigenvalue weighted by Gasteiger charge is 2.24. The van der Waals surface area contributed by atoms with Crippen LogP contribution in [-0.4, -0.2) is 59.4 Å². The summed E-state index contributed by atoms with van der Waals surface area (Å²) in [7, 11) is 0. The third-order valence-corrected chi connectivity index (χ3v) is 5.39. The van der Waals surface area contributed by atoms with Gasteiger partial charge in [0.2, 0.25) is 5.91 Å². The number of aliphatic hydroxyl groups excluding tert-OH is 1. The molecule has 2 N–H and O–H groups in total. The van der Waals surface area contributed by atoms with Crippen molar-refractivity contribution in [3.05, 3.63) is 52.2 Å². The number of piperazine rings is 1. The molecule has 0 bridgehead atoms. The van der Waals surface area contributed by atoms with Crippen LogP contribution >= 0.6 is 11.3 Å². The molecule has 0 radical (unpaired) electrons. The summed E-state index contributed by atoms with van der Waals surface area (Å²) >= 11 is 1.56. The van der Waals surface area contributed by atoms with Gasteiger partial charge in [0.25, 0.3) is 5.91 Å². The molecule has 3 rings (SSSR count). The largest absolute Gasteiger partial charge is 0.386 e. The molecule has 1 saturated heterocycles. The van der Waals surface area contributed by atoms with Crippen molar-refractivity contribution in [2.24, 2.45) is 0 Å². The second-order valence-corrected chi connectivity index (χ2v) is 7.36. The lowest BCUT2D eigenvalue weighted by Crippen LogP contribution is -2.49. The number of rotatable bonds is 5. The first kappa shape index (κ1) is 18.6. The molecule has 0 unspecified atom stereocenters. The molecule has 7 heteroatoms. The molecule has 1 fully saturated rings. The fraction of sp³-hybridized carbons (Fsp3) is 0.368. The van der Waals surface area contributed by atoms with Gasteiger partial charge >= 0.3 is 0 Å². The van der Waals surface area contributed by atoms with E-state index in [0.717, 1.165) is 18.0 Å². The summed E-state index contributed by atoms with van der Waals surface area (Å²) in [5, 5.41) is 14.9. The molecule has 138 valence electrons. The summed E-state index contributed by atoms with van der Waals surface area (Å²) in [6, 6.07) is 10.8. The minimum atomic E-state index is -0.474. The van der Waals surface area contributed by atoms with Gasteiger partial charge in [0.05, 0.1) is 0 Å². The summed E-state index contributed by atoms with van der Waals surface area (Å²) < 4.78 is 0. The molecule has 0 spiro atoms. The van der Waals surface area contributed by atoms with Crippen LogP contribution in [0.3, 0.4) is 0 Å². The highest BCUT2D eigenvalue weighted by Crippen LogP contribution is 2.20. The van der Waals surface area contributed by atoms with Crippen molar-refractivity contribution >= 4 is 28.8 Å². The van der Waals surface area contributed by atoms with Gasteiger partial charge in [-0.3, -0.25) is 14.5 Å². The van der Waals surface area contributed by atoms with E-state index in [1.165, 1.54) is 6.92 Å². The molecule has 1 aromatic carbocycles. The van der Waals surface area contributed by atoms with E-state index in [9.17, 15) is 14.7 Å². The highest BCUT2D eigenvalue weighted by atomic mass is 32.1. The van der Waals surface area contributed by atoms with Gasteiger partial charge < -0.3 is 15.3 Å². The third-order valence-electron chi connectivity index (χ3n) is 4.41. The number of β-amino-alcohol motifs (C(OH)–C–C–N with tert-alkyl or cyclic N) is 1. The summed E-state index contributed by atoms with van der Waals surface area (Å²) in [6.07, 6.45) is -0.474. The molecular weight excluding hydrogens is 350 g/mol. The van der Waals surface area contributed by atoms with Crippen LogP contribution in [0.5, 0.6) is 0 Å². The summed E-state index contributed by atoms with van der Waals surface area (Å²) in [6.45, 7) is 4.82. The fourth-order valence-electron chi connectivity index (χ4n) is 3.03. The van der Waals surface area contributed by atoms with Crippen molar-refractivity contribution in [1.82, 2.24) is 9.80 Å². The summed E-state index contributed by atoms with van der Waals surface area (Å²) in [4.78, 5) is 28.7. The first-order chi connectivity index (χ1) is 12.5. The maximum atomic E-state index is 12.6. The summed E-state index contributed by atoms with van der Waals surface area (Å²) in [5.74, 6) is -0.136. The second-order valence-electron chi connectivity index (χ2n) is 6.38. The molecule has 2 amide bonds. The standard InChI is InChI=1S/C19H23N3O3S/c1-14(23)20-16-6-4-15(5-7-16)19(25)22-10-8-21(9-11-22)13-17(24)18-3-2-12-26-18/h2-7,12,17,24H,8-11,13H2,1H3,(H,20,23)/t17-/m1/s1. The zero-order valence-corrected chi connectivity index (χ0v) is 15.5. The van der Waals surface area contributed by atoms with Crippen molar-refractivity contribution in [2.75, 3.05) is 38.0 Å². The van der Waals surface area contributed by atoms with Gasteiger partial charge in [0, 0.05) is 55.8 Å². The molecule has 2 heterocycles. The average molecular weight is 373 g/mol. The normalized spacial score (nSPS) is 16.3. The lowest BCUT2D eigenvalue weighted by molar-refractivity contribution is -0.114. The van der Waals surface area contributed by atoms with Gasteiger partial charge in [-0.25, -0.2) is 0 Å². The molecule has 1 aliphatic heterocycles. The first-order valence-electron chi connectivity index (χ1n) is 8.63. The number of aliphatic hydroxyl groups is 1. The monoisotopic (exact) mass is 373 g/mol. The Labute approximate surface area is 157 Å². The number of amides is 2. The van der Waals surface area contributed by atoms with Crippen LogP contribution in [0.25, 0.3) is 0 Å². The van der Waals surface area contributed by atoms with Gasteiger partial charge in [0.15, 0.2) is 0 Å². The van der Waals surface area contributed by atoms with Crippen LogP contribution in [0.15, 0.2) is 41.8 Å². The van der Waals surface area contributed by atoms with Gasteiger partial charge in [-0.1, -0.05) is 6.07 Å². The number of nitrogens with one attached hydrogen (secondary N) is 1. The van der Waals surface area contributed by atoms with Crippen LogP contribution in [0.4, 0.5) is 5.69 Å². The van der Waals surface area contributed by atoms with E-state index < -0.39 is 6.10 Å². The maximum absolute atomic E-state index is 12.6. The lowest BCUT2D eigenvalue weighted by atomic mass is 10.1. The second kappa shape index (κ2) is 8.44. The lowest BCUT2D eigenvalue weighted by Gasteiger charge is -2.35. The van der Waals surface area contributed by atoms with Gasteiger partial charge in [-0.05, 0) is 35.7 Å². The van der Waals surface area contributed by atoms with Crippen LogP contribution in [0, 0.1) is 0 Å². The van der Waals surface area contributed by atoms with E-state index in [1.54, 1.807) is 35.6 Å². The Balaban J connectivity index is 1.51. The zero-order chi connectivity index (χ0) is 18.5. The van der Waals surface area contributed by atoms with Gasteiger partial charge in [-0.2, -0.15) is 0 Å². The predicted molar refractivity (Wildman–Crippen MR) is 102 cm³/mol. The Hall–Kier alpha value is -2.22. The van der Waals surface area contributed by atoms with Crippen molar-refractivity contribution in [3.63, 3.8) is 0 Å². The smallest absolute Gasteiger partial charge is 0.253 e. The highest BCUT2D eigenvalue weighted by molar-refractivity contribution is 7.10. The molecule has 1 aliphatic rings. The third kappa shape index (κ3) is 4.69. The fourth-order valence-corrected chi connectivity index (χ4v) is 3.73. The Bertz CT molecular complexity index is 738. The molecule has 1 atom stereocenters. The molecular formula is C19H23N3O3S. The van der Waals surface area contributed by atoms with Gasteiger partial charge in [0.1, 0.15) is 6.10 Å². The Morgan fingerprint density at radius 3 is 2.42 bits per heavy atom. The zero-order valence-electron chi connectivity index (χ0n) is 14.7. The first-order valence-corrected chi connectivity index (χ1v) is 9.51.